The van der Waals surface area contributed by atoms with E-state index in [0.717, 1.165) is 0 Å². The Balaban J connectivity index is 1.30. The van der Waals surface area contributed by atoms with Crippen LogP contribution in [0.4, 0.5) is 10.1 Å². The highest BCUT2D eigenvalue weighted by Crippen LogP contribution is 2.23. The molecule has 1 N–H and O–H groups in total. The van der Waals surface area contributed by atoms with E-state index in [1.54, 1.807) is 0 Å². The Kier molecular flexibility index (Phi) is 7.06. The summed E-state index contributed by atoms with van der Waals surface area (Å²) in [5.74, 6) is -1.60. The maximum atomic E-state index is 13.0. The number of sulfonamides is 1. The first kappa shape index (κ1) is 23.6. The quantitative estimate of drug-likeness (QED) is 0.509. The predicted octanol–water partition coefficient (Wildman–Crippen LogP) is 2.90. The van der Waals surface area contributed by atoms with E-state index in [1.807, 2.05) is 0 Å². The lowest BCUT2D eigenvalue weighted by Crippen LogP contribution is -2.40. The van der Waals surface area contributed by atoms with Gasteiger partial charge in [0.15, 0.2) is 6.61 Å². The number of nitrogens with zero attached hydrogens (tertiary/aromatic N) is 1. The lowest BCUT2D eigenvalue weighted by Gasteiger charge is -2.26. The molecule has 0 saturated carbocycles. The molecular formula is C23H21FN2O7S. The molecule has 2 heterocycles. The van der Waals surface area contributed by atoms with Crippen LogP contribution in [-0.2, 0) is 24.3 Å². The SMILES string of the molecule is O=C(COC(=O)c1ccc(-c2ccc(F)cc2)o1)Nc1ccc(S(=O)(=O)N2CCOCC2)cc1. The van der Waals surface area contributed by atoms with E-state index in [9.17, 15) is 22.4 Å². The molecule has 1 amide bonds. The van der Waals surface area contributed by atoms with Gasteiger partial charge in [-0.3, -0.25) is 4.79 Å². The molecule has 9 nitrogen and oxygen atoms in total. The molecule has 178 valence electrons. The molecule has 4 rings (SSSR count). The minimum Gasteiger partial charge on any atom is -0.450 e. The Labute approximate surface area is 195 Å². The zero-order valence-electron chi connectivity index (χ0n) is 17.9. The molecule has 1 saturated heterocycles. The number of esters is 1. The van der Waals surface area contributed by atoms with E-state index >= 15 is 0 Å². The van der Waals surface area contributed by atoms with Gasteiger partial charge in [-0.2, -0.15) is 4.31 Å². The van der Waals surface area contributed by atoms with Crippen LogP contribution in [-0.4, -0.2) is 57.5 Å². The predicted molar refractivity (Wildman–Crippen MR) is 119 cm³/mol. The van der Waals surface area contributed by atoms with Gasteiger partial charge in [0.1, 0.15) is 11.6 Å². The Morgan fingerprint density at radius 2 is 1.65 bits per heavy atom. The van der Waals surface area contributed by atoms with Gasteiger partial charge in [-0.25, -0.2) is 17.6 Å². The number of amides is 1. The Hall–Kier alpha value is -3.54. The molecule has 0 bridgehead atoms. The topological polar surface area (TPSA) is 115 Å². The van der Waals surface area contributed by atoms with Crippen LogP contribution in [0, 0.1) is 5.82 Å². The molecule has 1 aliphatic rings. The lowest BCUT2D eigenvalue weighted by atomic mass is 10.2. The highest BCUT2D eigenvalue weighted by atomic mass is 32.2. The fraction of sp³-hybridized carbons (Fsp3) is 0.217. The fourth-order valence-electron chi connectivity index (χ4n) is 3.26. The van der Waals surface area contributed by atoms with Gasteiger partial charge in [0.25, 0.3) is 5.91 Å². The van der Waals surface area contributed by atoms with Crippen LogP contribution in [0.3, 0.4) is 0 Å². The summed E-state index contributed by atoms with van der Waals surface area (Å²) >= 11 is 0. The number of ether oxygens (including phenoxy) is 2. The number of rotatable bonds is 7. The summed E-state index contributed by atoms with van der Waals surface area (Å²) in [4.78, 5) is 24.4. The summed E-state index contributed by atoms with van der Waals surface area (Å²) in [6, 6.07) is 14.2. The first-order valence-corrected chi connectivity index (χ1v) is 11.8. The lowest BCUT2D eigenvalue weighted by molar-refractivity contribution is -0.119. The molecule has 0 radical (unpaired) electrons. The molecule has 34 heavy (non-hydrogen) atoms. The number of hydrogen-bond acceptors (Lipinski definition) is 7. The maximum absolute atomic E-state index is 13.0. The summed E-state index contributed by atoms with van der Waals surface area (Å²) in [6.45, 7) is 0.690. The first-order valence-electron chi connectivity index (χ1n) is 10.3. The highest BCUT2D eigenvalue weighted by molar-refractivity contribution is 7.89. The second kappa shape index (κ2) is 10.2. The van der Waals surface area contributed by atoms with Gasteiger partial charge in [0.05, 0.1) is 18.1 Å². The number of morpholine rings is 1. The zero-order chi connectivity index (χ0) is 24.1. The van der Waals surface area contributed by atoms with Crippen molar-refractivity contribution in [3.05, 3.63) is 72.2 Å². The average molecular weight is 488 g/mol. The van der Waals surface area contributed by atoms with Gasteiger partial charge >= 0.3 is 5.97 Å². The third kappa shape index (κ3) is 5.50. The normalized spacial score (nSPS) is 14.5. The molecule has 11 heteroatoms. The molecule has 0 unspecified atom stereocenters. The number of benzene rings is 2. The first-order chi connectivity index (χ1) is 16.3. The number of halogens is 1. The number of hydrogen-bond donors (Lipinski definition) is 1. The van der Waals surface area contributed by atoms with Crippen molar-refractivity contribution in [3.63, 3.8) is 0 Å². The van der Waals surface area contributed by atoms with E-state index < -0.39 is 34.3 Å². The summed E-state index contributed by atoms with van der Waals surface area (Å²) in [7, 11) is -3.64. The number of furan rings is 1. The van der Waals surface area contributed by atoms with Crippen molar-refractivity contribution >= 4 is 27.6 Å². The monoisotopic (exact) mass is 488 g/mol. The number of carbonyl (C=O) groups excluding carboxylic acids is 2. The number of anilines is 1. The van der Waals surface area contributed by atoms with Gasteiger partial charge in [-0.1, -0.05) is 0 Å². The molecule has 0 atom stereocenters. The van der Waals surface area contributed by atoms with Gasteiger partial charge < -0.3 is 19.2 Å². The summed E-state index contributed by atoms with van der Waals surface area (Å²) in [5.41, 5.74) is 0.927. The van der Waals surface area contributed by atoms with Crippen LogP contribution in [0.5, 0.6) is 0 Å². The van der Waals surface area contributed by atoms with Gasteiger partial charge in [-0.05, 0) is 60.7 Å². The van der Waals surface area contributed by atoms with Crippen LogP contribution in [0.2, 0.25) is 0 Å². The molecule has 1 fully saturated rings. The zero-order valence-corrected chi connectivity index (χ0v) is 18.7. The second-order valence-corrected chi connectivity index (χ2v) is 9.27. The molecule has 0 spiro atoms. The summed E-state index contributed by atoms with van der Waals surface area (Å²) in [5, 5.41) is 2.53. The largest absolute Gasteiger partial charge is 0.450 e. The van der Waals surface area contributed by atoms with Crippen molar-refractivity contribution in [1.82, 2.24) is 4.31 Å². The van der Waals surface area contributed by atoms with Crippen molar-refractivity contribution in [2.24, 2.45) is 0 Å². The molecule has 3 aromatic rings. The third-order valence-electron chi connectivity index (χ3n) is 5.02. The van der Waals surface area contributed by atoms with Crippen molar-refractivity contribution < 1.29 is 36.3 Å². The maximum Gasteiger partial charge on any atom is 0.374 e. The highest BCUT2D eigenvalue weighted by Gasteiger charge is 2.26. The van der Waals surface area contributed by atoms with E-state index in [1.165, 1.54) is 65.0 Å². The van der Waals surface area contributed by atoms with Crippen LogP contribution in [0.25, 0.3) is 11.3 Å². The molecule has 1 aromatic heterocycles. The van der Waals surface area contributed by atoms with Crippen molar-refractivity contribution in [1.29, 1.82) is 0 Å². The van der Waals surface area contributed by atoms with Crippen LogP contribution in [0.1, 0.15) is 10.6 Å². The second-order valence-electron chi connectivity index (χ2n) is 7.34. The van der Waals surface area contributed by atoms with E-state index in [2.05, 4.69) is 5.32 Å². The molecule has 1 aliphatic heterocycles. The van der Waals surface area contributed by atoms with Gasteiger partial charge in [-0.15, -0.1) is 0 Å². The van der Waals surface area contributed by atoms with Gasteiger partial charge in [0, 0.05) is 24.3 Å². The summed E-state index contributed by atoms with van der Waals surface area (Å²) < 4.78 is 55.2. The van der Waals surface area contributed by atoms with Crippen molar-refractivity contribution in [2.75, 3.05) is 38.2 Å². The minimum atomic E-state index is -3.64. The summed E-state index contributed by atoms with van der Waals surface area (Å²) in [6.07, 6.45) is 0. The van der Waals surface area contributed by atoms with E-state index in [-0.39, 0.29) is 23.7 Å². The van der Waals surface area contributed by atoms with E-state index in [0.29, 0.717) is 30.2 Å². The third-order valence-corrected chi connectivity index (χ3v) is 6.93. The van der Waals surface area contributed by atoms with Crippen molar-refractivity contribution in [3.8, 4) is 11.3 Å². The molecule has 0 aliphatic carbocycles. The van der Waals surface area contributed by atoms with Crippen LogP contribution >= 0.6 is 0 Å². The minimum absolute atomic E-state index is 0.105. The Morgan fingerprint density at radius 1 is 0.971 bits per heavy atom. The van der Waals surface area contributed by atoms with Crippen molar-refractivity contribution in [2.45, 2.75) is 4.90 Å². The number of nitrogens with one attached hydrogen (secondary N) is 1. The van der Waals surface area contributed by atoms with Crippen LogP contribution in [0.15, 0.2) is 70.0 Å². The van der Waals surface area contributed by atoms with Gasteiger partial charge in [0.2, 0.25) is 15.8 Å². The Bertz CT molecular complexity index is 1270. The smallest absolute Gasteiger partial charge is 0.374 e. The van der Waals surface area contributed by atoms with E-state index in [4.69, 9.17) is 13.9 Å². The van der Waals surface area contributed by atoms with Crippen LogP contribution < -0.4 is 5.32 Å². The molecular weight excluding hydrogens is 467 g/mol. The fourth-order valence-corrected chi connectivity index (χ4v) is 4.67. The Morgan fingerprint density at radius 3 is 2.32 bits per heavy atom. The average Bonchev–Trinajstić information content (AvgIpc) is 3.34. The number of carbonyl (C=O) groups is 2. The molecule has 2 aromatic carbocycles. The standard InChI is InChI=1S/C23H21FN2O7S/c24-17-3-1-16(2-4-17)20-9-10-21(33-20)23(28)32-15-22(27)25-18-5-7-19(8-6-18)34(29,30)26-11-13-31-14-12-26/h1-10H,11-15H2,(H,25,27).